The standard InChI is InChI=1S/C15H7Cl2N3O2S/c16-9-4-3-8(6-10(9)17)7-12-14(21)20-15(23-12)18-13(19-20)11-2-1-5-22-11/h1-7H/b12-7-. The van der Waals surface area contributed by atoms with Crippen molar-refractivity contribution in [3.05, 3.63) is 67.1 Å². The van der Waals surface area contributed by atoms with Gasteiger partial charge in [-0.3, -0.25) is 4.79 Å². The van der Waals surface area contributed by atoms with Crippen LogP contribution in [0.2, 0.25) is 10.0 Å². The lowest BCUT2D eigenvalue weighted by Crippen LogP contribution is -2.23. The molecule has 23 heavy (non-hydrogen) atoms. The first-order valence-electron chi connectivity index (χ1n) is 6.52. The Balaban J connectivity index is 1.84. The van der Waals surface area contributed by atoms with E-state index in [-0.39, 0.29) is 5.56 Å². The molecule has 5 nitrogen and oxygen atoms in total. The van der Waals surface area contributed by atoms with Crippen LogP contribution in [0.1, 0.15) is 5.56 Å². The van der Waals surface area contributed by atoms with Crippen LogP contribution < -0.4 is 10.1 Å². The number of hydrogen-bond donors (Lipinski definition) is 0. The van der Waals surface area contributed by atoms with Crippen molar-refractivity contribution in [2.24, 2.45) is 0 Å². The highest BCUT2D eigenvalue weighted by Crippen LogP contribution is 2.23. The van der Waals surface area contributed by atoms with Crippen molar-refractivity contribution in [1.82, 2.24) is 14.6 Å². The van der Waals surface area contributed by atoms with Gasteiger partial charge in [-0.2, -0.15) is 9.50 Å². The van der Waals surface area contributed by atoms with Crippen LogP contribution in [-0.2, 0) is 0 Å². The summed E-state index contributed by atoms with van der Waals surface area (Å²) in [4.78, 5) is 17.2. The van der Waals surface area contributed by atoms with Crippen LogP contribution in [-0.4, -0.2) is 14.6 Å². The molecule has 0 amide bonds. The van der Waals surface area contributed by atoms with E-state index in [0.717, 1.165) is 5.56 Å². The number of fused-ring (bicyclic) bond motifs is 1. The van der Waals surface area contributed by atoms with Crippen molar-refractivity contribution >= 4 is 45.6 Å². The first-order chi connectivity index (χ1) is 11.1. The van der Waals surface area contributed by atoms with Gasteiger partial charge < -0.3 is 4.42 Å². The SMILES string of the molecule is O=c1/c(=C/c2ccc(Cl)c(Cl)c2)sc2nc(-c3ccco3)nn12. The van der Waals surface area contributed by atoms with Crippen LogP contribution in [0.15, 0.2) is 45.8 Å². The van der Waals surface area contributed by atoms with E-state index in [4.69, 9.17) is 27.6 Å². The third-order valence-corrected chi connectivity index (χ3v) is 4.86. The fraction of sp³-hybridized carbons (Fsp3) is 0. The van der Waals surface area contributed by atoms with Crippen molar-refractivity contribution < 1.29 is 4.42 Å². The molecule has 0 atom stereocenters. The molecule has 0 aliphatic carbocycles. The molecule has 0 saturated heterocycles. The predicted molar refractivity (Wildman–Crippen MR) is 90.1 cm³/mol. The Morgan fingerprint density at radius 1 is 1.22 bits per heavy atom. The van der Waals surface area contributed by atoms with Gasteiger partial charge in [-0.25, -0.2) is 0 Å². The molecule has 3 heterocycles. The molecule has 0 saturated carbocycles. The Bertz CT molecular complexity index is 1120. The van der Waals surface area contributed by atoms with E-state index in [1.54, 1.807) is 36.4 Å². The smallest absolute Gasteiger partial charge is 0.291 e. The zero-order chi connectivity index (χ0) is 16.0. The second-order valence-corrected chi connectivity index (χ2v) is 6.52. The van der Waals surface area contributed by atoms with E-state index in [1.807, 2.05) is 0 Å². The lowest BCUT2D eigenvalue weighted by molar-refractivity contribution is 0.577. The molecular formula is C15H7Cl2N3O2S. The van der Waals surface area contributed by atoms with Gasteiger partial charge in [-0.05, 0) is 35.9 Å². The fourth-order valence-corrected chi connectivity index (χ4v) is 3.31. The Hall–Kier alpha value is -2.15. The van der Waals surface area contributed by atoms with Gasteiger partial charge in [-0.1, -0.05) is 40.6 Å². The molecule has 0 unspecified atom stereocenters. The van der Waals surface area contributed by atoms with Crippen molar-refractivity contribution in [1.29, 1.82) is 0 Å². The fourth-order valence-electron chi connectivity index (χ4n) is 2.10. The summed E-state index contributed by atoms with van der Waals surface area (Å²) in [6.45, 7) is 0. The van der Waals surface area contributed by atoms with Crippen LogP contribution in [0.3, 0.4) is 0 Å². The third-order valence-electron chi connectivity index (χ3n) is 3.16. The third kappa shape index (κ3) is 2.55. The van der Waals surface area contributed by atoms with Crippen molar-refractivity contribution in [3.8, 4) is 11.6 Å². The van der Waals surface area contributed by atoms with E-state index < -0.39 is 0 Å². The number of furan rings is 1. The van der Waals surface area contributed by atoms with Crippen LogP contribution in [0.4, 0.5) is 0 Å². The lowest BCUT2D eigenvalue weighted by atomic mass is 10.2. The van der Waals surface area contributed by atoms with Gasteiger partial charge >= 0.3 is 0 Å². The van der Waals surface area contributed by atoms with E-state index >= 15 is 0 Å². The summed E-state index contributed by atoms with van der Waals surface area (Å²) >= 11 is 13.1. The highest BCUT2D eigenvalue weighted by molar-refractivity contribution is 7.15. The average Bonchev–Trinajstić information content (AvgIpc) is 3.22. The Kier molecular flexibility index (Phi) is 3.45. The zero-order valence-electron chi connectivity index (χ0n) is 11.4. The zero-order valence-corrected chi connectivity index (χ0v) is 13.7. The Labute approximate surface area is 143 Å². The van der Waals surface area contributed by atoms with Gasteiger partial charge in [0.2, 0.25) is 10.8 Å². The van der Waals surface area contributed by atoms with E-state index in [1.165, 1.54) is 22.1 Å². The molecule has 0 aliphatic heterocycles. The first kappa shape index (κ1) is 14.4. The molecule has 4 rings (SSSR count). The van der Waals surface area contributed by atoms with Crippen LogP contribution in [0.25, 0.3) is 22.6 Å². The average molecular weight is 364 g/mol. The molecule has 1 aromatic carbocycles. The minimum absolute atomic E-state index is 0.235. The first-order valence-corrected chi connectivity index (χ1v) is 8.09. The molecule has 114 valence electrons. The molecule has 0 aliphatic rings. The van der Waals surface area contributed by atoms with Gasteiger partial charge in [0, 0.05) is 0 Å². The van der Waals surface area contributed by atoms with E-state index in [2.05, 4.69) is 10.1 Å². The maximum absolute atomic E-state index is 12.4. The summed E-state index contributed by atoms with van der Waals surface area (Å²) in [5.41, 5.74) is 0.550. The maximum Gasteiger partial charge on any atom is 0.291 e. The second-order valence-electron chi connectivity index (χ2n) is 4.70. The summed E-state index contributed by atoms with van der Waals surface area (Å²) in [5, 5.41) is 5.10. The monoisotopic (exact) mass is 363 g/mol. The number of rotatable bonds is 2. The number of halogens is 2. The summed E-state index contributed by atoms with van der Waals surface area (Å²) in [7, 11) is 0. The summed E-state index contributed by atoms with van der Waals surface area (Å²) in [6.07, 6.45) is 3.27. The predicted octanol–water partition coefficient (Wildman–Crippen LogP) is 3.27. The quantitative estimate of drug-likeness (QED) is 0.548. The highest BCUT2D eigenvalue weighted by atomic mass is 35.5. The second kappa shape index (κ2) is 5.49. The van der Waals surface area contributed by atoms with Gasteiger partial charge in [0.1, 0.15) is 0 Å². The van der Waals surface area contributed by atoms with E-state index in [9.17, 15) is 4.79 Å². The van der Waals surface area contributed by atoms with E-state index in [0.29, 0.717) is 31.1 Å². The number of thiazole rings is 1. The molecule has 0 spiro atoms. The number of aromatic nitrogens is 3. The van der Waals surface area contributed by atoms with Gasteiger partial charge in [0.15, 0.2) is 5.76 Å². The number of benzene rings is 1. The molecular weight excluding hydrogens is 357 g/mol. The van der Waals surface area contributed by atoms with Crippen LogP contribution in [0, 0.1) is 0 Å². The molecule has 8 heteroatoms. The molecule has 3 aromatic heterocycles. The summed E-state index contributed by atoms with van der Waals surface area (Å²) in [6, 6.07) is 8.66. The number of nitrogens with zero attached hydrogens (tertiary/aromatic N) is 3. The van der Waals surface area contributed by atoms with Gasteiger partial charge in [-0.15, -0.1) is 5.10 Å². The lowest BCUT2D eigenvalue weighted by Gasteiger charge is -1.96. The minimum Gasteiger partial charge on any atom is -0.461 e. The van der Waals surface area contributed by atoms with Crippen molar-refractivity contribution in [2.75, 3.05) is 0 Å². The van der Waals surface area contributed by atoms with Crippen LogP contribution in [0.5, 0.6) is 0 Å². The maximum atomic E-state index is 12.4. The van der Waals surface area contributed by atoms with Crippen molar-refractivity contribution in [2.45, 2.75) is 0 Å². The molecule has 0 fully saturated rings. The van der Waals surface area contributed by atoms with Gasteiger partial charge in [0.05, 0.1) is 20.8 Å². The highest BCUT2D eigenvalue weighted by Gasteiger charge is 2.13. The van der Waals surface area contributed by atoms with Crippen molar-refractivity contribution in [3.63, 3.8) is 0 Å². The minimum atomic E-state index is -0.235. The molecule has 0 bridgehead atoms. The topological polar surface area (TPSA) is 60.4 Å². The molecule has 0 radical (unpaired) electrons. The summed E-state index contributed by atoms with van der Waals surface area (Å²) < 4.78 is 7.03. The molecule has 4 aromatic rings. The normalized spacial score (nSPS) is 12.3. The number of hydrogen-bond acceptors (Lipinski definition) is 5. The Morgan fingerprint density at radius 3 is 2.78 bits per heavy atom. The van der Waals surface area contributed by atoms with Crippen LogP contribution >= 0.6 is 34.5 Å². The summed E-state index contributed by atoms with van der Waals surface area (Å²) in [5.74, 6) is 0.912. The van der Waals surface area contributed by atoms with Gasteiger partial charge in [0.25, 0.3) is 5.56 Å². The molecule has 0 N–H and O–H groups in total. The largest absolute Gasteiger partial charge is 0.461 e. The Morgan fingerprint density at radius 2 is 2.09 bits per heavy atom.